The summed E-state index contributed by atoms with van der Waals surface area (Å²) < 4.78 is 5.33. The van der Waals surface area contributed by atoms with Crippen molar-refractivity contribution in [2.75, 3.05) is 27.2 Å². The maximum atomic E-state index is 5.64. The van der Waals surface area contributed by atoms with Crippen LogP contribution in [-0.4, -0.2) is 44.3 Å². The Morgan fingerprint density at radius 2 is 1.87 bits per heavy atom. The molecule has 0 aromatic heterocycles. The molecule has 1 rings (SSSR count). The number of hydrogen-bond acceptors (Lipinski definition) is 3. The van der Waals surface area contributed by atoms with Crippen LogP contribution in [0.15, 0.2) is 0 Å². The summed E-state index contributed by atoms with van der Waals surface area (Å²) in [6, 6.07) is 0.747. The van der Waals surface area contributed by atoms with Crippen molar-refractivity contribution in [1.82, 2.24) is 4.90 Å². The predicted octanol–water partition coefficient (Wildman–Crippen LogP) is 1.61. The van der Waals surface area contributed by atoms with E-state index < -0.39 is 0 Å². The van der Waals surface area contributed by atoms with Gasteiger partial charge in [0.1, 0.15) is 0 Å². The van der Waals surface area contributed by atoms with Crippen molar-refractivity contribution >= 4 is 0 Å². The molecule has 0 spiro atoms. The van der Waals surface area contributed by atoms with Crippen molar-refractivity contribution in [2.45, 2.75) is 50.7 Å². The zero-order valence-corrected chi connectivity index (χ0v) is 10.2. The lowest BCUT2D eigenvalue weighted by Gasteiger charge is -2.29. The summed E-state index contributed by atoms with van der Waals surface area (Å²) in [6.45, 7) is 1.59. The minimum absolute atomic E-state index is 0.193. The lowest BCUT2D eigenvalue weighted by atomic mass is 10.1. The van der Waals surface area contributed by atoms with Crippen molar-refractivity contribution in [3.63, 3.8) is 0 Å². The topological polar surface area (TPSA) is 38.5 Å². The van der Waals surface area contributed by atoms with Gasteiger partial charge in [-0.3, -0.25) is 0 Å². The van der Waals surface area contributed by atoms with Crippen LogP contribution in [0.1, 0.15) is 38.5 Å². The van der Waals surface area contributed by atoms with E-state index in [9.17, 15) is 0 Å². The molecule has 1 saturated carbocycles. The number of methoxy groups -OCH3 is 1. The number of nitrogens with zero attached hydrogens (tertiary/aromatic N) is 1. The van der Waals surface area contributed by atoms with Crippen LogP contribution < -0.4 is 5.73 Å². The van der Waals surface area contributed by atoms with E-state index in [-0.39, 0.29) is 6.10 Å². The summed E-state index contributed by atoms with van der Waals surface area (Å²) in [5.74, 6) is 0. The van der Waals surface area contributed by atoms with Gasteiger partial charge in [0.15, 0.2) is 0 Å². The first-order valence-electron chi connectivity index (χ1n) is 6.21. The van der Waals surface area contributed by atoms with Crippen LogP contribution in [0.4, 0.5) is 0 Å². The van der Waals surface area contributed by atoms with Gasteiger partial charge in [0.2, 0.25) is 0 Å². The van der Waals surface area contributed by atoms with Crippen molar-refractivity contribution in [2.24, 2.45) is 5.73 Å². The Hall–Kier alpha value is -0.120. The van der Waals surface area contributed by atoms with E-state index in [2.05, 4.69) is 11.9 Å². The maximum absolute atomic E-state index is 5.64. The first kappa shape index (κ1) is 12.9. The highest BCUT2D eigenvalue weighted by Gasteiger charge is 2.19. The quantitative estimate of drug-likeness (QED) is 0.707. The second kappa shape index (κ2) is 7.20. The van der Waals surface area contributed by atoms with Crippen molar-refractivity contribution in [1.29, 1.82) is 0 Å². The molecule has 0 radical (unpaired) electrons. The molecule has 0 bridgehead atoms. The van der Waals surface area contributed by atoms with Crippen LogP contribution in [0, 0.1) is 0 Å². The normalized spacial score (nSPS) is 21.6. The van der Waals surface area contributed by atoms with Gasteiger partial charge in [0.25, 0.3) is 0 Å². The summed E-state index contributed by atoms with van der Waals surface area (Å²) in [7, 11) is 3.95. The molecule has 1 atom stereocenters. The smallest absolute Gasteiger partial charge is 0.0820 e. The van der Waals surface area contributed by atoms with E-state index in [1.165, 1.54) is 38.5 Å². The zero-order chi connectivity index (χ0) is 11.1. The number of rotatable bonds is 5. The second-order valence-electron chi connectivity index (χ2n) is 4.68. The monoisotopic (exact) mass is 214 g/mol. The van der Waals surface area contributed by atoms with Crippen LogP contribution in [-0.2, 0) is 4.74 Å². The van der Waals surface area contributed by atoms with E-state index in [4.69, 9.17) is 10.5 Å². The number of ether oxygens (including phenoxy) is 1. The second-order valence-corrected chi connectivity index (χ2v) is 4.68. The van der Waals surface area contributed by atoms with E-state index in [1.54, 1.807) is 7.11 Å². The Kier molecular flexibility index (Phi) is 6.22. The minimum Gasteiger partial charge on any atom is -0.379 e. The number of nitrogens with two attached hydrogens (primary N) is 1. The summed E-state index contributed by atoms with van der Waals surface area (Å²) in [5, 5.41) is 0. The molecule has 1 fully saturated rings. The highest BCUT2D eigenvalue weighted by Crippen LogP contribution is 2.21. The van der Waals surface area contributed by atoms with Crippen molar-refractivity contribution in [3.8, 4) is 0 Å². The zero-order valence-electron chi connectivity index (χ0n) is 10.2. The molecular weight excluding hydrogens is 188 g/mol. The Morgan fingerprint density at radius 1 is 1.27 bits per heavy atom. The van der Waals surface area contributed by atoms with Gasteiger partial charge in [0, 0.05) is 26.2 Å². The average Bonchev–Trinajstić information content (AvgIpc) is 2.54. The molecule has 0 heterocycles. The molecule has 0 aromatic carbocycles. The molecule has 1 unspecified atom stereocenters. The molecule has 1 aliphatic rings. The van der Waals surface area contributed by atoms with Gasteiger partial charge in [-0.25, -0.2) is 0 Å². The van der Waals surface area contributed by atoms with Gasteiger partial charge >= 0.3 is 0 Å². The van der Waals surface area contributed by atoms with Gasteiger partial charge < -0.3 is 15.4 Å². The SMILES string of the molecule is COC(CN)CN(C)C1CCCCCC1. The third kappa shape index (κ3) is 4.49. The third-order valence-electron chi connectivity index (χ3n) is 3.54. The third-order valence-corrected chi connectivity index (χ3v) is 3.54. The van der Waals surface area contributed by atoms with Crippen LogP contribution >= 0.6 is 0 Å². The number of likely N-dealkylation sites (N-methyl/N-ethyl adjacent to an activating group) is 1. The standard InChI is InChI=1S/C12H26N2O/c1-14(10-12(9-13)15-2)11-7-5-3-4-6-8-11/h11-12H,3-10,13H2,1-2H3. The molecule has 15 heavy (non-hydrogen) atoms. The van der Waals surface area contributed by atoms with E-state index in [0.717, 1.165) is 12.6 Å². The lowest BCUT2D eigenvalue weighted by molar-refractivity contribution is 0.0619. The molecule has 3 nitrogen and oxygen atoms in total. The van der Waals surface area contributed by atoms with Crippen LogP contribution in [0.25, 0.3) is 0 Å². The van der Waals surface area contributed by atoms with Gasteiger partial charge in [-0.2, -0.15) is 0 Å². The molecular formula is C12H26N2O. The largest absolute Gasteiger partial charge is 0.379 e. The molecule has 0 saturated heterocycles. The predicted molar refractivity (Wildman–Crippen MR) is 64.0 cm³/mol. The maximum Gasteiger partial charge on any atom is 0.0820 e. The summed E-state index contributed by atoms with van der Waals surface area (Å²) in [5.41, 5.74) is 5.64. The van der Waals surface area contributed by atoms with E-state index in [0.29, 0.717) is 6.54 Å². The lowest BCUT2D eigenvalue weighted by Crippen LogP contribution is -2.40. The molecule has 3 heteroatoms. The summed E-state index contributed by atoms with van der Waals surface area (Å²) >= 11 is 0. The first-order chi connectivity index (χ1) is 7.27. The fourth-order valence-electron chi connectivity index (χ4n) is 2.41. The van der Waals surface area contributed by atoms with Crippen LogP contribution in [0.3, 0.4) is 0 Å². The first-order valence-corrected chi connectivity index (χ1v) is 6.21. The Balaban J connectivity index is 2.33. The van der Waals surface area contributed by atoms with Gasteiger partial charge in [0.05, 0.1) is 6.10 Å². The summed E-state index contributed by atoms with van der Waals surface area (Å²) in [6.07, 6.45) is 8.47. The minimum atomic E-state index is 0.193. The van der Waals surface area contributed by atoms with Gasteiger partial charge in [-0.15, -0.1) is 0 Å². The van der Waals surface area contributed by atoms with Gasteiger partial charge in [-0.05, 0) is 19.9 Å². The van der Waals surface area contributed by atoms with Crippen molar-refractivity contribution in [3.05, 3.63) is 0 Å². The fourth-order valence-corrected chi connectivity index (χ4v) is 2.41. The molecule has 0 aliphatic heterocycles. The Bertz CT molecular complexity index is 152. The van der Waals surface area contributed by atoms with Crippen molar-refractivity contribution < 1.29 is 4.74 Å². The van der Waals surface area contributed by atoms with Crippen LogP contribution in [0.2, 0.25) is 0 Å². The number of hydrogen-bond donors (Lipinski definition) is 1. The highest BCUT2D eigenvalue weighted by molar-refractivity contribution is 4.75. The van der Waals surface area contributed by atoms with E-state index >= 15 is 0 Å². The van der Waals surface area contributed by atoms with E-state index in [1.807, 2.05) is 0 Å². The summed E-state index contributed by atoms with van der Waals surface area (Å²) in [4.78, 5) is 2.44. The Morgan fingerprint density at radius 3 is 2.33 bits per heavy atom. The average molecular weight is 214 g/mol. The molecule has 2 N–H and O–H groups in total. The Labute approximate surface area is 94.0 Å². The fraction of sp³-hybridized carbons (Fsp3) is 1.00. The van der Waals surface area contributed by atoms with Gasteiger partial charge in [-0.1, -0.05) is 25.7 Å². The highest BCUT2D eigenvalue weighted by atomic mass is 16.5. The van der Waals surface area contributed by atoms with Crippen LogP contribution in [0.5, 0.6) is 0 Å². The molecule has 0 aromatic rings. The molecule has 90 valence electrons. The molecule has 0 amide bonds. The molecule has 1 aliphatic carbocycles.